The number of fused-ring (bicyclic) bond motifs is 3. The zero-order valence-corrected chi connectivity index (χ0v) is 25.8. The van der Waals surface area contributed by atoms with Gasteiger partial charge in [-0.3, -0.25) is 4.72 Å². The standard InChI is InChI=1S/C19H29N5.C12H17NO2S/c1-4-5-6-7-13(2)17-9-18-21-19(14(3)11-24(18)22-17)23-12-15-8-16(23)10-20-15;1-5-10-6-7-12(13-16(4,14)15)11(8-10)9(2)3/h9,11,13,15-16,20H,4-8,10,12H2,1-3H3;6-8,13H,2,5H2,1,3-4H3/t13-,15-,16-;/m0./s1. The number of anilines is 2. The molecule has 3 aromatic rings. The van der Waals surface area contributed by atoms with Crippen molar-refractivity contribution in [3.63, 3.8) is 0 Å². The third-order valence-corrected chi connectivity index (χ3v) is 8.54. The summed E-state index contributed by atoms with van der Waals surface area (Å²) < 4.78 is 26.8. The normalized spacial score (nSPS) is 19.0. The van der Waals surface area contributed by atoms with Crippen LogP contribution in [0.15, 0.2) is 37.0 Å². The summed E-state index contributed by atoms with van der Waals surface area (Å²) in [4.78, 5) is 7.47. The molecule has 2 N–H and O–H groups in total. The number of piperazine rings is 1. The minimum atomic E-state index is -3.24. The van der Waals surface area contributed by atoms with Crippen molar-refractivity contribution in [2.45, 2.75) is 91.1 Å². The molecule has 2 fully saturated rings. The molecular weight excluding hydrogens is 520 g/mol. The second-order valence-electron chi connectivity index (χ2n) is 11.6. The van der Waals surface area contributed by atoms with Gasteiger partial charge >= 0.3 is 0 Å². The lowest BCUT2D eigenvalue weighted by molar-refractivity contribution is 0.575. The first-order valence-corrected chi connectivity index (χ1v) is 16.5. The maximum Gasteiger partial charge on any atom is 0.229 e. The van der Waals surface area contributed by atoms with Crippen LogP contribution in [-0.4, -0.2) is 54.4 Å². The molecule has 1 aromatic carbocycles. The van der Waals surface area contributed by atoms with E-state index in [2.05, 4.69) is 61.5 Å². The monoisotopic (exact) mass is 566 g/mol. The fraction of sp³-hybridized carbons (Fsp3) is 0.548. The molecule has 0 aliphatic carbocycles. The number of nitrogens with one attached hydrogen (secondary N) is 2. The van der Waals surface area contributed by atoms with Crippen LogP contribution in [0.25, 0.3) is 11.2 Å². The van der Waals surface area contributed by atoms with Crippen LogP contribution in [0.5, 0.6) is 0 Å². The van der Waals surface area contributed by atoms with Gasteiger partial charge in [-0.15, -0.1) is 0 Å². The average Bonchev–Trinajstić information content (AvgIpc) is 3.63. The summed E-state index contributed by atoms with van der Waals surface area (Å²) in [5.74, 6) is 1.66. The second kappa shape index (κ2) is 12.7. The molecule has 0 spiro atoms. The Morgan fingerprint density at radius 1 is 1.25 bits per heavy atom. The lowest BCUT2D eigenvalue weighted by Crippen LogP contribution is -2.44. The lowest BCUT2D eigenvalue weighted by atomic mass is 10.0. The van der Waals surface area contributed by atoms with E-state index < -0.39 is 10.0 Å². The number of rotatable bonds is 10. The van der Waals surface area contributed by atoms with Crippen molar-refractivity contribution in [1.29, 1.82) is 0 Å². The number of aryl methyl sites for hydroxylation is 2. The van der Waals surface area contributed by atoms with Gasteiger partial charge in [0.15, 0.2) is 5.65 Å². The number of benzene rings is 1. The summed E-state index contributed by atoms with van der Waals surface area (Å²) in [5.41, 5.74) is 6.85. The quantitative estimate of drug-likeness (QED) is 0.296. The minimum absolute atomic E-state index is 0.508. The molecule has 2 aliphatic rings. The smallest absolute Gasteiger partial charge is 0.229 e. The fourth-order valence-electron chi connectivity index (χ4n) is 5.67. The van der Waals surface area contributed by atoms with Crippen LogP contribution in [0.4, 0.5) is 11.5 Å². The Labute approximate surface area is 240 Å². The minimum Gasteiger partial charge on any atom is -0.350 e. The number of aromatic nitrogens is 3. The molecule has 0 saturated carbocycles. The maximum absolute atomic E-state index is 11.2. The van der Waals surface area contributed by atoms with E-state index in [-0.39, 0.29) is 0 Å². The average molecular weight is 567 g/mol. The van der Waals surface area contributed by atoms with E-state index >= 15 is 0 Å². The Bertz CT molecular complexity index is 1450. The topological polar surface area (TPSA) is 91.6 Å². The van der Waals surface area contributed by atoms with Crippen LogP contribution >= 0.6 is 0 Å². The first-order chi connectivity index (χ1) is 19.0. The van der Waals surface area contributed by atoms with Gasteiger partial charge in [0.2, 0.25) is 10.0 Å². The van der Waals surface area contributed by atoms with Crippen LogP contribution < -0.4 is 14.9 Å². The van der Waals surface area contributed by atoms with Crippen molar-refractivity contribution in [3.8, 4) is 0 Å². The van der Waals surface area contributed by atoms with Crippen molar-refractivity contribution >= 4 is 32.7 Å². The molecule has 4 heterocycles. The van der Waals surface area contributed by atoms with E-state index in [0.29, 0.717) is 23.7 Å². The number of unbranched alkanes of at least 4 members (excludes halogenated alkanes) is 2. The van der Waals surface area contributed by atoms with E-state index in [1.807, 2.05) is 23.6 Å². The molecule has 0 amide bonds. The predicted octanol–water partition coefficient (Wildman–Crippen LogP) is 5.93. The molecule has 40 heavy (non-hydrogen) atoms. The lowest BCUT2D eigenvalue weighted by Gasteiger charge is -2.29. The zero-order chi connectivity index (χ0) is 29.0. The zero-order valence-electron chi connectivity index (χ0n) is 25.0. The number of nitrogens with zero attached hydrogens (tertiary/aromatic N) is 4. The molecule has 5 rings (SSSR count). The molecule has 9 heteroatoms. The van der Waals surface area contributed by atoms with E-state index in [4.69, 9.17) is 10.1 Å². The highest BCUT2D eigenvalue weighted by Crippen LogP contribution is 2.31. The van der Waals surface area contributed by atoms with Crippen molar-refractivity contribution in [2.75, 3.05) is 29.0 Å². The summed E-state index contributed by atoms with van der Waals surface area (Å²) >= 11 is 0. The van der Waals surface area contributed by atoms with Gasteiger partial charge in [0.05, 0.1) is 17.6 Å². The number of hydrogen-bond donors (Lipinski definition) is 2. The SMILES string of the molecule is C=C(C)c1cc(CC)ccc1NS(C)(=O)=O.CCCCC[C@H](C)c1cc2nc(N3C[C@@H]4C[C@H]3CN4)c(C)cn2n1. The highest BCUT2D eigenvalue weighted by Gasteiger charge is 2.38. The van der Waals surface area contributed by atoms with Gasteiger partial charge in [-0.05, 0) is 56.4 Å². The molecule has 2 saturated heterocycles. The second-order valence-corrected chi connectivity index (χ2v) is 13.3. The molecule has 3 atom stereocenters. The van der Waals surface area contributed by atoms with Crippen LogP contribution in [0, 0.1) is 6.92 Å². The van der Waals surface area contributed by atoms with Gasteiger partial charge in [0.25, 0.3) is 0 Å². The van der Waals surface area contributed by atoms with Gasteiger partial charge < -0.3 is 10.2 Å². The Balaban J connectivity index is 0.000000202. The molecule has 8 nitrogen and oxygen atoms in total. The van der Waals surface area contributed by atoms with E-state index in [9.17, 15) is 8.42 Å². The molecule has 0 unspecified atom stereocenters. The Morgan fingerprint density at radius 2 is 2.02 bits per heavy atom. The first-order valence-electron chi connectivity index (χ1n) is 14.6. The van der Waals surface area contributed by atoms with Gasteiger partial charge in [0.1, 0.15) is 5.82 Å². The Kier molecular flexibility index (Phi) is 9.56. The molecule has 2 bridgehead atoms. The number of allylic oxidation sites excluding steroid dienone is 1. The molecule has 2 aromatic heterocycles. The predicted molar refractivity (Wildman–Crippen MR) is 167 cm³/mol. The highest BCUT2D eigenvalue weighted by atomic mass is 32.2. The van der Waals surface area contributed by atoms with Crippen LogP contribution in [0.3, 0.4) is 0 Å². The van der Waals surface area contributed by atoms with Crippen LogP contribution in [0.1, 0.15) is 88.1 Å². The summed E-state index contributed by atoms with van der Waals surface area (Å²) in [7, 11) is -3.24. The third-order valence-electron chi connectivity index (χ3n) is 7.95. The van der Waals surface area contributed by atoms with Crippen molar-refractivity contribution in [3.05, 3.63) is 59.4 Å². The Morgan fingerprint density at radius 3 is 2.62 bits per heavy atom. The first kappa shape index (κ1) is 30.1. The van der Waals surface area contributed by atoms with Crippen molar-refractivity contribution < 1.29 is 8.42 Å². The molecular formula is C31H46N6O2S. The summed E-state index contributed by atoms with van der Waals surface area (Å²) in [6, 6.07) is 9.11. The summed E-state index contributed by atoms with van der Waals surface area (Å²) in [5, 5.41) is 8.36. The fourth-order valence-corrected chi connectivity index (χ4v) is 6.25. The maximum atomic E-state index is 11.2. The van der Waals surface area contributed by atoms with Crippen molar-refractivity contribution in [1.82, 2.24) is 19.9 Å². The molecule has 218 valence electrons. The van der Waals surface area contributed by atoms with E-state index in [1.54, 1.807) is 6.07 Å². The van der Waals surface area contributed by atoms with Gasteiger partial charge in [-0.25, -0.2) is 17.9 Å². The van der Waals surface area contributed by atoms with Crippen LogP contribution in [-0.2, 0) is 16.4 Å². The third kappa shape index (κ3) is 7.23. The van der Waals surface area contributed by atoms with Gasteiger partial charge in [-0.2, -0.15) is 5.10 Å². The van der Waals surface area contributed by atoms with Crippen molar-refractivity contribution in [2.24, 2.45) is 0 Å². The van der Waals surface area contributed by atoms with Crippen LogP contribution in [0.2, 0.25) is 0 Å². The van der Waals surface area contributed by atoms with E-state index in [1.165, 1.54) is 43.4 Å². The number of sulfonamides is 1. The summed E-state index contributed by atoms with van der Waals surface area (Å²) in [6.45, 7) is 16.7. The number of hydrogen-bond acceptors (Lipinski definition) is 6. The van der Waals surface area contributed by atoms with E-state index in [0.717, 1.165) is 53.9 Å². The van der Waals surface area contributed by atoms with Gasteiger partial charge in [-0.1, -0.05) is 52.7 Å². The highest BCUT2D eigenvalue weighted by molar-refractivity contribution is 7.92. The molecule has 2 aliphatic heterocycles. The molecule has 0 radical (unpaired) electrons. The largest absolute Gasteiger partial charge is 0.350 e. The summed E-state index contributed by atoms with van der Waals surface area (Å²) in [6.07, 6.45) is 10.5. The van der Waals surface area contributed by atoms with Gasteiger partial charge in [0, 0.05) is 54.5 Å². The Hall–Kier alpha value is -2.91.